The van der Waals surface area contributed by atoms with Crippen LogP contribution in [-0.2, 0) is 0 Å². The summed E-state index contributed by atoms with van der Waals surface area (Å²) in [5.41, 5.74) is 5.67. The van der Waals surface area contributed by atoms with E-state index in [4.69, 9.17) is 0 Å². The van der Waals surface area contributed by atoms with E-state index in [-0.39, 0.29) is 6.04 Å². The molecule has 5 heteroatoms. The van der Waals surface area contributed by atoms with Gasteiger partial charge in [0.2, 0.25) is 0 Å². The fraction of sp³-hybridized carbons (Fsp3) is 0.208. The molecule has 0 fully saturated rings. The van der Waals surface area contributed by atoms with Gasteiger partial charge in [0.1, 0.15) is 0 Å². The van der Waals surface area contributed by atoms with E-state index >= 15 is 0 Å². The molecule has 4 rings (SSSR count). The first-order valence-electron chi connectivity index (χ1n) is 9.93. The van der Waals surface area contributed by atoms with Gasteiger partial charge in [-0.1, -0.05) is 48.5 Å². The van der Waals surface area contributed by atoms with Crippen molar-refractivity contribution in [2.24, 2.45) is 0 Å². The van der Waals surface area contributed by atoms with Crippen LogP contribution in [0, 0.1) is 0 Å². The lowest BCUT2D eigenvalue weighted by Gasteiger charge is -2.22. The number of H-pyrrole nitrogens is 2. The summed E-state index contributed by atoms with van der Waals surface area (Å²) in [5.74, 6) is 0. The number of benzene rings is 2. The van der Waals surface area contributed by atoms with E-state index in [9.17, 15) is 0 Å². The number of hydrogen-bond acceptors (Lipinski definition) is 3. The second-order valence-electron chi connectivity index (χ2n) is 7.45. The second-order valence-corrected chi connectivity index (χ2v) is 7.45. The lowest BCUT2D eigenvalue weighted by molar-refractivity contribution is 0.392. The molecule has 0 saturated carbocycles. The van der Waals surface area contributed by atoms with Gasteiger partial charge in [-0.3, -0.25) is 5.10 Å². The third-order valence-electron chi connectivity index (χ3n) is 5.09. The van der Waals surface area contributed by atoms with Crippen molar-refractivity contribution < 1.29 is 0 Å². The van der Waals surface area contributed by atoms with Gasteiger partial charge in [0, 0.05) is 30.9 Å². The van der Waals surface area contributed by atoms with Gasteiger partial charge in [0.05, 0.1) is 17.3 Å². The quantitative estimate of drug-likeness (QED) is 0.424. The fourth-order valence-corrected chi connectivity index (χ4v) is 3.56. The van der Waals surface area contributed by atoms with Crippen LogP contribution < -0.4 is 5.32 Å². The summed E-state index contributed by atoms with van der Waals surface area (Å²) >= 11 is 0. The smallest absolute Gasteiger partial charge is 0.0927 e. The largest absolute Gasteiger partial charge is 0.367 e. The molecule has 0 radical (unpaired) electrons. The Morgan fingerprint density at radius 3 is 2.69 bits per heavy atom. The first-order chi connectivity index (χ1) is 14.2. The van der Waals surface area contributed by atoms with Gasteiger partial charge in [-0.2, -0.15) is 5.10 Å². The topological polar surface area (TPSA) is 59.7 Å². The van der Waals surface area contributed by atoms with Crippen LogP contribution in [0.5, 0.6) is 0 Å². The molecule has 5 nitrogen and oxygen atoms in total. The number of para-hydroxylation sites is 1. The number of aromatic amines is 2. The molecule has 29 heavy (non-hydrogen) atoms. The molecule has 4 aromatic rings. The van der Waals surface area contributed by atoms with E-state index in [0.29, 0.717) is 0 Å². The maximum Gasteiger partial charge on any atom is 0.0927 e. The average Bonchev–Trinajstić information content (AvgIpc) is 3.40. The van der Waals surface area contributed by atoms with Crippen LogP contribution in [0.25, 0.3) is 23.1 Å². The van der Waals surface area contributed by atoms with E-state index < -0.39 is 0 Å². The van der Waals surface area contributed by atoms with Crippen molar-refractivity contribution in [2.75, 3.05) is 27.2 Å². The molecule has 1 atom stereocenters. The maximum atomic E-state index is 4.47. The number of fused-ring (bicyclic) bond motifs is 1. The van der Waals surface area contributed by atoms with Gasteiger partial charge in [-0.05, 0) is 49.0 Å². The van der Waals surface area contributed by atoms with Gasteiger partial charge in [-0.15, -0.1) is 0 Å². The molecule has 0 aliphatic heterocycles. The van der Waals surface area contributed by atoms with Crippen LogP contribution >= 0.6 is 0 Å². The Hall–Kier alpha value is -3.15. The van der Waals surface area contributed by atoms with Crippen molar-refractivity contribution in [1.82, 2.24) is 25.4 Å². The summed E-state index contributed by atoms with van der Waals surface area (Å²) in [6.45, 7) is 1.89. The molecule has 0 amide bonds. The molecule has 148 valence electrons. The number of aromatic nitrogens is 3. The summed E-state index contributed by atoms with van der Waals surface area (Å²) < 4.78 is 0. The van der Waals surface area contributed by atoms with Crippen molar-refractivity contribution in [3.8, 4) is 0 Å². The Balaban J connectivity index is 1.65. The standard InChI is InChI=1S/C24H27N5/c1-29(2)16-15-26-24(19-13-14-25-17-19)20-8-4-3-7-18(20)11-12-23-21-9-5-6-10-22(21)27-28-23/h3-14,17,24-26H,15-16H2,1-2H3,(H,27,28)/b12-11+. The second kappa shape index (κ2) is 8.90. The molecule has 0 spiro atoms. The normalized spacial score (nSPS) is 12.9. The number of hydrogen-bond donors (Lipinski definition) is 3. The van der Waals surface area contributed by atoms with Crippen LogP contribution in [0.3, 0.4) is 0 Å². The Labute approximate surface area is 171 Å². The zero-order valence-corrected chi connectivity index (χ0v) is 16.9. The maximum absolute atomic E-state index is 4.47. The molecule has 1 unspecified atom stereocenters. The molecule has 0 bridgehead atoms. The minimum absolute atomic E-state index is 0.123. The van der Waals surface area contributed by atoms with Gasteiger partial charge in [0.25, 0.3) is 0 Å². The van der Waals surface area contributed by atoms with Gasteiger partial charge < -0.3 is 15.2 Å². The number of likely N-dealkylation sites (N-methyl/N-ethyl adjacent to an activating group) is 1. The Morgan fingerprint density at radius 1 is 1.03 bits per heavy atom. The van der Waals surface area contributed by atoms with Gasteiger partial charge in [-0.25, -0.2) is 0 Å². The van der Waals surface area contributed by atoms with E-state index in [1.807, 2.05) is 24.4 Å². The van der Waals surface area contributed by atoms with Crippen LogP contribution in [0.2, 0.25) is 0 Å². The van der Waals surface area contributed by atoms with Crippen molar-refractivity contribution >= 4 is 23.1 Å². The van der Waals surface area contributed by atoms with Gasteiger partial charge in [0.15, 0.2) is 0 Å². The third kappa shape index (κ3) is 4.47. The highest BCUT2D eigenvalue weighted by atomic mass is 15.1. The van der Waals surface area contributed by atoms with Crippen LogP contribution in [0.4, 0.5) is 0 Å². The molecule has 2 heterocycles. The first-order valence-corrected chi connectivity index (χ1v) is 9.93. The monoisotopic (exact) mass is 385 g/mol. The summed E-state index contributed by atoms with van der Waals surface area (Å²) in [5, 5.41) is 12.4. The fourth-order valence-electron chi connectivity index (χ4n) is 3.56. The number of nitrogens with zero attached hydrogens (tertiary/aromatic N) is 2. The van der Waals surface area contributed by atoms with Crippen LogP contribution in [0.15, 0.2) is 67.0 Å². The van der Waals surface area contributed by atoms with E-state index in [2.05, 4.69) is 94.2 Å². The Bertz CT molecular complexity index is 1080. The van der Waals surface area contributed by atoms with E-state index in [1.54, 1.807) is 0 Å². The third-order valence-corrected chi connectivity index (χ3v) is 5.09. The highest BCUT2D eigenvalue weighted by molar-refractivity contribution is 5.89. The SMILES string of the molecule is CN(C)CCNC(c1cc[nH]c1)c1ccccc1/C=C/c1n[nH]c2ccccc12. The zero-order chi connectivity index (χ0) is 20.1. The molecule has 0 aliphatic rings. The van der Waals surface area contributed by atoms with Crippen molar-refractivity contribution in [3.05, 3.63) is 89.4 Å². The molecule has 2 aromatic carbocycles. The van der Waals surface area contributed by atoms with Crippen molar-refractivity contribution in [3.63, 3.8) is 0 Å². The summed E-state index contributed by atoms with van der Waals surface area (Å²) in [4.78, 5) is 5.38. The predicted molar refractivity (Wildman–Crippen MR) is 121 cm³/mol. The minimum atomic E-state index is 0.123. The van der Waals surface area contributed by atoms with Crippen LogP contribution in [-0.4, -0.2) is 47.3 Å². The van der Waals surface area contributed by atoms with Crippen LogP contribution in [0.1, 0.15) is 28.4 Å². The summed E-state index contributed by atoms with van der Waals surface area (Å²) in [7, 11) is 4.19. The molecule has 0 saturated heterocycles. The van der Waals surface area contributed by atoms with Crippen molar-refractivity contribution in [2.45, 2.75) is 6.04 Å². The molecular weight excluding hydrogens is 358 g/mol. The molecular formula is C24H27N5. The number of rotatable bonds is 8. The minimum Gasteiger partial charge on any atom is -0.367 e. The molecule has 3 N–H and O–H groups in total. The summed E-state index contributed by atoms with van der Waals surface area (Å²) in [6.07, 6.45) is 8.29. The zero-order valence-electron chi connectivity index (χ0n) is 16.9. The van der Waals surface area contributed by atoms with Gasteiger partial charge >= 0.3 is 0 Å². The summed E-state index contributed by atoms with van der Waals surface area (Å²) in [6, 6.07) is 19.0. The lowest BCUT2D eigenvalue weighted by Crippen LogP contribution is -2.30. The molecule has 0 aliphatic carbocycles. The van der Waals surface area contributed by atoms with Crippen molar-refractivity contribution in [1.29, 1.82) is 0 Å². The Morgan fingerprint density at radius 2 is 1.86 bits per heavy atom. The number of nitrogens with one attached hydrogen (secondary N) is 3. The first kappa shape index (κ1) is 19.2. The average molecular weight is 386 g/mol. The highest BCUT2D eigenvalue weighted by Crippen LogP contribution is 2.27. The lowest BCUT2D eigenvalue weighted by atomic mass is 9.95. The van der Waals surface area contributed by atoms with E-state index in [0.717, 1.165) is 29.7 Å². The van der Waals surface area contributed by atoms with E-state index in [1.165, 1.54) is 16.7 Å². The predicted octanol–water partition coefficient (Wildman–Crippen LogP) is 4.30. The highest BCUT2D eigenvalue weighted by Gasteiger charge is 2.16. The Kier molecular flexibility index (Phi) is 5.89. The molecule has 2 aromatic heterocycles.